The summed E-state index contributed by atoms with van der Waals surface area (Å²) in [5.41, 5.74) is 6.99. The van der Waals surface area contributed by atoms with Crippen molar-refractivity contribution in [1.29, 1.82) is 0 Å². The highest BCUT2D eigenvalue weighted by Crippen LogP contribution is 2.60. The van der Waals surface area contributed by atoms with Crippen molar-refractivity contribution in [2.24, 2.45) is 5.92 Å². The van der Waals surface area contributed by atoms with Crippen LogP contribution in [0.3, 0.4) is 0 Å². The summed E-state index contributed by atoms with van der Waals surface area (Å²) in [6.07, 6.45) is 5.35. The average Bonchev–Trinajstić information content (AvgIpc) is 3.18. The Bertz CT molecular complexity index is 1460. The Morgan fingerprint density at radius 2 is 1.49 bits per heavy atom. The van der Waals surface area contributed by atoms with Gasteiger partial charge in [-0.05, 0) is 63.9 Å². The van der Waals surface area contributed by atoms with Gasteiger partial charge in [-0.1, -0.05) is 103 Å². The highest BCUT2D eigenvalue weighted by molar-refractivity contribution is 6.31. The van der Waals surface area contributed by atoms with Gasteiger partial charge in [-0.3, -0.25) is 0 Å². The molecule has 0 saturated carbocycles. The molecule has 4 aromatic carbocycles. The van der Waals surface area contributed by atoms with Crippen molar-refractivity contribution in [1.82, 2.24) is 0 Å². The van der Waals surface area contributed by atoms with Crippen LogP contribution in [-0.2, 0) is 5.41 Å². The first-order chi connectivity index (χ1) is 17.0. The van der Waals surface area contributed by atoms with E-state index in [2.05, 4.69) is 67.6 Å². The standard InChI is InChI=1S/C32H24ClFO/c1-20-10-8-15-23-25-18-26(24-16-9-17-28(33)31(24)34)29(35)19-27(25)32(30(20)23,21-11-4-2-5-12-21)22-13-6-3-7-14-22/h2-9,11-20,35H,10H2,1H3. The highest BCUT2D eigenvalue weighted by Gasteiger charge is 2.49. The third-order valence-electron chi connectivity index (χ3n) is 7.45. The van der Waals surface area contributed by atoms with Crippen LogP contribution in [0.15, 0.2) is 109 Å². The Labute approximate surface area is 209 Å². The van der Waals surface area contributed by atoms with Gasteiger partial charge in [0.15, 0.2) is 0 Å². The minimum atomic E-state index is -0.555. The van der Waals surface area contributed by atoms with E-state index in [0.717, 1.165) is 34.2 Å². The minimum Gasteiger partial charge on any atom is -0.507 e. The van der Waals surface area contributed by atoms with Crippen molar-refractivity contribution in [2.45, 2.75) is 18.8 Å². The minimum absolute atomic E-state index is 0.0383. The van der Waals surface area contributed by atoms with E-state index in [9.17, 15) is 5.11 Å². The summed E-state index contributed by atoms with van der Waals surface area (Å²) < 4.78 is 15.0. The van der Waals surface area contributed by atoms with E-state index in [4.69, 9.17) is 11.6 Å². The molecule has 1 atom stereocenters. The van der Waals surface area contributed by atoms with Crippen LogP contribution in [0, 0.1) is 11.7 Å². The van der Waals surface area contributed by atoms with Gasteiger partial charge in [0.1, 0.15) is 11.6 Å². The predicted molar refractivity (Wildman–Crippen MR) is 141 cm³/mol. The quantitative estimate of drug-likeness (QED) is 0.312. The molecule has 0 aromatic heterocycles. The van der Waals surface area contributed by atoms with E-state index >= 15 is 4.39 Å². The summed E-state index contributed by atoms with van der Waals surface area (Å²) in [7, 11) is 0. The first kappa shape index (κ1) is 21.9. The van der Waals surface area contributed by atoms with Crippen molar-refractivity contribution in [3.8, 4) is 16.9 Å². The number of phenolic OH excluding ortho intramolecular Hbond substituents is 1. The molecule has 1 unspecified atom stereocenters. The molecule has 0 heterocycles. The molecule has 3 heteroatoms. The number of benzene rings is 4. The van der Waals surface area contributed by atoms with Crippen LogP contribution in [0.2, 0.25) is 5.02 Å². The molecule has 0 radical (unpaired) electrons. The summed E-state index contributed by atoms with van der Waals surface area (Å²) in [6.45, 7) is 2.27. The molecule has 1 nitrogen and oxygen atoms in total. The monoisotopic (exact) mass is 478 g/mol. The van der Waals surface area contributed by atoms with Crippen LogP contribution >= 0.6 is 11.6 Å². The van der Waals surface area contributed by atoms with Gasteiger partial charge in [-0.2, -0.15) is 0 Å². The Kier molecular flexibility index (Phi) is 5.16. The molecule has 0 amide bonds. The Morgan fingerprint density at radius 3 is 2.14 bits per heavy atom. The lowest BCUT2D eigenvalue weighted by Gasteiger charge is -2.39. The van der Waals surface area contributed by atoms with Gasteiger partial charge in [0, 0.05) is 11.1 Å². The molecule has 6 rings (SSSR count). The van der Waals surface area contributed by atoms with Crippen LogP contribution in [0.1, 0.15) is 35.6 Å². The van der Waals surface area contributed by atoms with Crippen LogP contribution in [0.25, 0.3) is 16.7 Å². The lowest BCUT2D eigenvalue weighted by atomic mass is 9.63. The predicted octanol–water partition coefficient (Wildman–Crippen LogP) is 8.55. The van der Waals surface area contributed by atoms with Crippen LogP contribution in [-0.4, -0.2) is 5.11 Å². The molecule has 0 spiro atoms. The number of allylic oxidation sites excluding steroid dienone is 4. The molecule has 0 bridgehead atoms. The van der Waals surface area contributed by atoms with E-state index < -0.39 is 11.2 Å². The normalized spacial score (nSPS) is 17.9. The number of aromatic hydroxyl groups is 1. The van der Waals surface area contributed by atoms with Crippen molar-refractivity contribution < 1.29 is 9.50 Å². The summed E-state index contributed by atoms with van der Waals surface area (Å²) in [5, 5.41) is 11.4. The lowest BCUT2D eigenvalue weighted by molar-refractivity contribution is 0.474. The number of halogens is 2. The largest absolute Gasteiger partial charge is 0.507 e. The third-order valence-corrected chi connectivity index (χ3v) is 7.74. The maximum atomic E-state index is 15.0. The van der Waals surface area contributed by atoms with Gasteiger partial charge in [0.05, 0.1) is 10.4 Å². The van der Waals surface area contributed by atoms with Crippen molar-refractivity contribution in [2.75, 3.05) is 0 Å². The Hall–Kier alpha value is -3.62. The van der Waals surface area contributed by atoms with E-state index in [1.165, 1.54) is 11.6 Å². The molecule has 1 N–H and O–H groups in total. The maximum absolute atomic E-state index is 15.0. The van der Waals surface area contributed by atoms with Gasteiger partial charge in [0.25, 0.3) is 0 Å². The number of hydrogen-bond acceptors (Lipinski definition) is 1. The fourth-order valence-corrected chi connectivity index (χ4v) is 6.20. The van der Waals surface area contributed by atoms with Crippen molar-refractivity contribution >= 4 is 17.2 Å². The molecule has 0 saturated heterocycles. The molecule has 2 aliphatic rings. The third kappa shape index (κ3) is 3.13. The second-order valence-electron chi connectivity index (χ2n) is 9.36. The summed E-state index contributed by atoms with van der Waals surface area (Å²) in [6, 6.07) is 29.6. The van der Waals surface area contributed by atoms with Crippen LogP contribution < -0.4 is 0 Å². The van der Waals surface area contributed by atoms with E-state index in [1.807, 2.05) is 24.3 Å². The van der Waals surface area contributed by atoms with Gasteiger partial charge in [0.2, 0.25) is 0 Å². The average molecular weight is 479 g/mol. The van der Waals surface area contributed by atoms with Gasteiger partial charge < -0.3 is 5.11 Å². The first-order valence-electron chi connectivity index (χ1n) is 11.9. The van der Waals surface area contributed by atoms with Gasteiger partial charge in [-0.25, -0.2) is 4.39 Å². The number of rotatable bonds is 3. The lowest BCUT2D eigenvalue weighted by Crippen LogP contribution is -2.32. The second kappa shape index (κ2) is 8.25. The molecule has 0 fully saturated rings. The Balaban J connectivity index is 1.74. The molecule has 35 heavy (non-hydrogen) atoms. The fourth-order valence-electron chi connectivity index (χ4n) is 6.03. The zero-order valence-corrected chi connectivity index (χ0v) is 20.1. The number of phenols is 1. The smallest absolute Gasteiger partial charge is 0.149 e. The van der Waals surface area contributed by atoms with Crippen molar-refractivity contribution in [3.63, 3.8) is 0 Å². The second-order valence-corrected chi connectivity index (χ2v) is 9.77. The molecular formula is C32H24ClFO. The van der Waals surface area contributed by atoms with E-state index in [1.54, 1.807) is 12.1 Å². The summed E-state index contributed by atoms with van der Waals surface area (Å²) in [5.74, 6) is -0.199. The number of hydrogen-bond donors (Lipinski definition) is 1. The van der Waals surface area contributed by atoms with Crippen molar-refractivity contribution in [3.05, 3.63) is 142 Å². The zero-order valence-electron chi connectivity index (χ0n) is 19.3. The molecule has 4 aromatic rings. The zero-order chi connectivity index (χ0) is 24.2. The highest BCUT2D eigenvalue weighted by atomic mass is 35.5. The Morgan fingerprint density at radius 1 is 0.829 bits per heavy atom. The first-order valence-corrected chi connectivity index (χ1v) is 12.3. The molecule has 172 valence electrons. The van der Waals surface area contributed by atoms with E-state index in [0.29, 0.717) is 11.1 Å². The molecule has 2 aliphatic carbocycles. The van der Waals surface area contributed by atoms with Crippen LogP contribution in [0.5, 0.6) is 5.75 Å². The summed E-state index contributed by atoms with van der Waals surface area (Å²) in [4.78, 5) is 0. The maximum Gasteiger partial charge on any atom is 0.149 e. The number of fused-ring (bicyclic) bond motifs is 2. The topological polar surface area (TPSA) is 20.2 Å². The SMILES string of the molecule is CC1CC=CC2=C1C(c1ccccc1)(c1ccccc1)c1cc(O)c(-c3cccc(Cl)c3F)cc12. The van der Waals surface area contributed by atoms with Crippen LogP contribution in [0.4, 0.5) is 4.39 Å². The fraction of sp³-hybridized carbons (Fsp3) is 0.125. The van der Waals surface area contributed by atoms with Gasteiger partial charge >= 0.3 is 0 Å². The molecular weight excluding hydrogens is 455 g/mol. The van der Waals surface area contributed by atoms with E-state index in [-0.39, 0.29) is 16.7 Å². The summed E-state index contributed by atoms with van der Waals surface area (Å²) >= 11 is 6.09. The molecule has 0 aliphatic heterocycles. The van der Waals surface area contributed by atoms with Gasteiger partial charge in [-0.15, -0.1) is 0 Å².